The molecule has 0 fully saturated rings. The van der Waals surface area contributed by atoms with Gasteiger partial charge in [-0.15, -0.1) is 0 Å². The highest BCUT2D eigenvalue weighted by atomic mass is 32.2. The van der Waals surface area contributed by atoms with Crippen molar-refractivity contribution in [3.8, 4) is 5.75 Å². The van der Waals surface area contributed by atoms with Crippen LogP contribution in [0.4, 0.5) is 0 Å². The van der Waals surface area contributed by atoms with Gasteiger partial charge in [0.1, 0.15) is 15.9 Å². The van der Waals surface area contributed by atoms with E-state index >= 15 is 0 Å². The minimum absolute atomic E-state index is 0.00992. The summed E-state index contributed by atoms with van der Waals surface area (Å²) in [5, 5.41) is 10.8. The van der Waals surface area contributed by atoms with Crippen molar-refractivity contribution in [3.05, 3.63) is 51.0 Å². The topological polar surface area (TPSA) is 98.2 Å². The zero-order chi connectivity index (χ0) is 18.1. The van der Waals surface area contributed by atoms with Crippen molar-refractivity contribution in [2.75, 3.05) is 0 Å². The molecule has 1 N–H and O–H groups in total. The van der Waals surface area contributed by atoms with Crippen LogP contribution in [0.3, 0.4) is 0 Å². The summed E-state index contributed by atoms with van der Waals surface area (Å²) in [5.74, 6) is -0.149. The molecule has 130 valence electrons. The van der Waals surface area contributed by atoms with Crippen LogP contribution in [0.25, 0.3) is 11.0 Å². The van der Waals surface area contributed by atoms with Crippen molar-refractivity contribution in [2.45, 2.75) is 37.4 Å². The summed E-state index contributed by atoms with van der Waals surface area (Å²) in [6, 6.07) is 3.23. The number of aromatic hydroxyl groups is 1. The average Bonchev–Trinajstić information content (AvgIpc) is 2.55. The molecule has 0 aliphatic carbocycles. The lowest BCUT2D eigenvalue weighted by Crippen LogP contribution is -2.25. The Bertz CT molecular complexity index is 1040. The summed E-state index contributed by atoms with van der Waals surface area (Å²) in [6.07, 6.45) is 3.04. The van der Waals surface area contributed by atoms with Crippen LogP contribution in [0.1, 0.15) is 19.5 Å². The fourth-order valence-corrected chi connectivity index (χ4v) is 3.24. The van der Waals surface area contributed by atoms with Crippen LogP contribution in [0.15, 0.2) is 48.6 Å². The van der Waals surface area contributed by atoms with Gasteiger partial charge in [-0.05, 0) is 30.7 Å². The Hall–Kier alpha value is -2.61. The second-order valence-electron chi connectivity index (χ2n) is 6.04. The van der Waals surface area contributed by atoms with Gasteiger partial charge < -0.3 is 14.1 Å². The van der Waals surface area contributed by atoms with Crippen molar-refractivity contribution in [1.29, 1.82) is 0 Å². The molecule has 0 aliphatic heterocycles. The van der Waals surface area contributed by atoms with E-state index in [1.54, 1.807) is 23.6 Å². The van der Waals surface area contributed by atoms with E-state index < -0.39 is 11.4 Å². The zero-order valence-corrected chi connectivity index (χ0v) is 14.8. The molecule has 7 nitrogen and oxygen atoms in total. The first-order valence-electron chi connectivity index (χ1n) is 7.73. The monoisotopic (exact) mass is 359 g/mol. The number of hydrogen-bond acceptors (Lipinski definition) is 7. The van der Waals surface area contributed by atoms with Crippen LogP contribution in [0.2, 0.25) is 0 Å². The van der Waals surface area contributed by atoms with Crippen molar-refractivity contribution >= 4 is 22.7 Å². The van der Waals surface area contributed by atoms with E-state index in [-0.39, 0.29) is 32.5 Å². The molecular formula is C17H17N3O4S. The van der Waals surface area contributed by atoms with Crippen LogP contribution in [-0.4, -0.2) is 19.6 Å². The number of fused-ring (bicyclic) bond motifs is 1. The highest BCUT2D eigenvalue weighted by molar-refractivity contribution is 7.99. The van der Waals surface area contributed by atoms with E-state index in [9.17, 15) is 14.7 Å². The summed E-state index contributed by atoms with van der Waals surface area (Å²) in [5.41, 5.74) is -0.382. The summed E-state index contributed by atoms with van der Waals surface area (Å²) < 4.78 is 6.83. The first-order chi connectivity index (χ1) is 11.9. The Morgan fingerprint density at radius 2 is 1.96 bits per heavy atom. The second kappa shape index (κ2) is 6.72. The maximum absolute atomic E-state index is 12.8. The van der Waals surface area contributed by atoms with E-state index in [1.165, 1.54) is 12.4 Å². The van der Waals surface area contributed by atoms with E-state index in [4.69, 9.17) is 4.42 Å². The fourth-order valence-electron chi connectivity index (χ4n) is 2.51. The second-order valence-corrected chi connectivity index (χ2v) is 7.01. The molecule has 0 spiro atoms. The minimum atomic E-state index is -0.733. The van der Waals surface area contributed by atoms with Gasteiger partial charge in [-0.2, -0.15) is 0 Å². The number of nitrogens with zero attached hydrogens (tertiary/aromatic N) is 3. The van der Waals surface area contributed by atoms with Crippen LogP contribution >= 0.6 is 11.8 Å². The third-order valence-corrected chi connectivity index (χ3v) is 4.55. The molecule has 0 bridgehead atoms. The maximum Gasteiger partial charge on any atom is 0.354 e. The molecule has 0 unspecified atom stereocenters. The Labute approximate surface area is 147 Å². The average molecular weight is 359 g/mol. The summed E-state index contributed by atoms with van der Waals surface area (Å²) >= 11 is 0.862. The third kappa shape index (κ3) is 3.30. The van der Waals surface area contributed by atoms with Crippen molar-refractivity contribution in [1.82, 2.24) is 14.5 Å². The molecule has 3 aromatic rings. The van der Waals surface area contributed by atoms with Gasteiger partial charge in [0.2, 0.25) is 0 Å². The van der Waals surface area contributed by atoms with Gasteiger partial charge in [0.25, 0.3) is 5.56 Å². The fraction of sp³-hybridized carbons (Fsp3) is 0.294. The molecular weight excluding hydrogens is 342 g/mol. The van der Waals surface area contributed by atoms with Gasteiger partial charge in [-0.25, -0.2) is 14.8 Å². The van der Waals surface area contributed by atoms with Crippen LogP contribution in [-0.2, 0) is 6.54 Å². The van der Waals surface area contributed by atoms with Gasteiger partial charge >= 0.3 is 5.63 Å². The summed E-state index contributed by atoms with van der Waals surface area (Å²) in [4.78, 5) is 33.0. The minimum Gasteiger partial charge on any atom is -0.505 e. The molecule has 0 saturated heterocycles. The predicted octanol–water partition coefficient (Wildman–Crippen LogP) is 2.57. The van der Waals surface area contributed by atoms with Gasteiger partial charge in [-0.1, -0.05) is 13.8 Å². The SMILES string of the molecule is Cc1cc2oc(=O)c(Sc3ncccn3)c(O)c2c(=O)n1CC(C)C. The van der Waals surface area contributed by atoms with Crippen molar-refractivity contribution in [2.24, 2.45) is 5.92 Å². The quantitative estimate of drug-likeness (QED) is 0.715. The Morgan fingerprint density at radius 3 is 2.60 bits per heavy atom. The van der Waals surface area contributed by atoms with Gasteiger partial charge in [0, 0.05) is 30.7 Å². The molecule has 3 heterocycles. The molecule has 8 heteroatoms. The molecule has 0 saturated carbocycles. The largest absolute Gasteiger partial charge is 0.505 e. The lowest BCUT2D eigenvalue weighted by Gasteiger charge is -2.14. The standard InChI is InChI=1S/C17H17N3O4S/c1-9(2)8-20-10(3)7-11-12(15(20)22)13(21)14(16(23)24-11)25-17-18-5-4-6-19-17/h4-7,9,21H,8H2,1-3H3. The molecule has 0 aromatic carbocycles. The van der Waals surface area contributed by atoms with Gasteiger partial charge in [0.15, 0.2) is 10.9 Å². The maximum atomic E-state index is 12.8. The number of aromatic nitrogens is 3. The van der Waals surface area contributed by atoms with E-state index in [0.717, 1.165) is 11.8 Å². The summed E-state index contributed by atoms with van der Waals surface area (Å²) in [6.45, 7) is 6.26. The highest BCUT2D eigenvalue weighted by Gasteiger charge is 2.21. The van der Waals surface area contributed by atoms with E-state index in [0.29, 0.717) is 12.2 Å². The molecule has 0 aliphatic rings. The molecule has 3 rings (SSSR count). The number of pyridine rings is 1. The molecule has 0 amide bonds. The Balaban J connectivity index is 2.24. The first-order valence-corrected chi connectivity index (χ1v) is 8.55. The Morgan fingerprint density at radius 1 is 1.28 bits per heavy atom. The third-order valence-electron chi connectivity index (χ3n) is 3.59. The predicted molar refractivity (Wildman–Crippen MR) is 94.1 cm³/mol. The van der Waals surface area contributed by atoms with Crippen LogP contribution in [0, 0.1) is 12.8 Å². The molecule has 25 heavy (non-hydrogen) atoms. The van der Waals surface area contributed by atoms with Crippen LogP contribution in [0.5, 0.6) is 5.75 Å². The highest BCUT2D eigenvalue weighted by Crippen LogP contribution is 2.33. The van der Waals surface area contributed by atoms with E-state index in [2.05, 4.69) is 9.97 Å². The lowest BCUT2D eigenvalue weighted by atomic mass is 10.2. The Kier molecular flexibility index (Phi) is 4.63. The van der Waals surface area contributed by atoms with Crippen molar-refractivity contribution in [3.63, 3.8) is 0 Å². The first kappa shape index (κ1) is 17.2. The lowest BCUT2D eigenvalue weighted by molar-refractivity contribution is 0.442. The van der Waals surface area contributed by atoms with Crippen molar-refractivity contribution < 1.29 is 9.52 Å². The molecule has 0 radical (unpaired) electrons. The van der Waals surface area contributed by atoms with Gasteiger partial charge in [0.05, 0.1) is 0 Å². The zero-order valence-electron chi connectivity index (χ0n) is 14.0. The smallest absolute Gasteiger partial charge is 0.354 e. The number of aryl methyl sites for hydroxylation is 1. The number of rotatable bonds is 4. The normalized spacial score (nSPS) is 11.4. The number of hydrogen-bond donors (Lipinski definition) is 1. The van der Waals surface area contributed by atoms with E-state index in [1.807, 2.05) is 13.8 Å². The molecule has 0 atom stereocenters. The summed E-state index contributed by atoms with van der Waals surface area (Å²) in [7, 11) is 0. The van der Waals surface area contributed by atoms with Crippen LogP contribution < -0.4 is 11.2 Å². The molecule has 3 aromatic heterocycles. The van der Waals surface area contributed by atoms with Gasteiger partial charge in [-0.3, -0.25) is 4.79 Å².